The van der Waals surface area contributed by atoms with E-state index in [1.54, 1.807) is 0 Å². The van der Waals surface area contributed by atoms with Crippen LogP contribution in [-0.2, 0) is 5.41 Å². The summed E-state index contributed by atoms with van der Waals surface area (Å²) < 4.78 is 12.7. The predicted molar refractivity (Wildman–Crippen MR) is 183 cm³/mol. The molecule has 5 aromatic carbocycles. The van der Waals surface area contributed by atoms with E-state index in [0.717, 1.165) is 72.1 Å². The fraction of sp³-hybridized carbons (Fsp3) is 0.0732. The molecule has 0 bridgehead atoms. The topological polar surface area (TPSA) is 52.1 Å². The molecule has 0 saturated heterocycles. The van der Waals surface area contributed by atoms with E-state index < -0.39 is 0 Å². The minimum absolute atomic E-state index is 0.123. The second-order valence-corrected chi connectivity index (χ2v) is 12.6. The van der Waals surface area contributed by atoms with E-state index in [9.17, 15) is 0 Å². The summed E-state index contributed by atoms with van der Waals surface area (Å²) in [4.78, 5) is 9.98. The molecular weight excluding hydrogens is 552 g/mol. The van der Waals surface area contributed by atoms with E-state index in [1.165, 1.54) is 27.5 Å². The van der Waals surface area contributed by atoms with Gasteiger partial charge < -0.3 is 8.83 Å². The van der Waals surface area contributed by atoms with E-state index in [4.69, 9.17) is 18.8 Å². The second kappa shape index (κ2) is 8.67. The second-order valence-electron chi connectivity index (χ2n) is 12.6. The predicted octanol–water partition coefficient (Wildman–Crippen LogP) is 11.1. The molecule has 1 aliphatic carbocycles. The van der Waals surface area contributed by atoms with Crippen LogP contribution in [-0.4, -0.2) is 9.97 Å². The Hall–Kier alpha value is -5.74. The van der Waals surface area contributed by atoms with Crippen molar-refractivity contribution < 1.29 is 8.83 Å². The highest BCUT2D eigenvalue weighted by Crippen LogP contribution is 2.48. The summed E-state index contributed by atoms with van der Waals surface area (Å²) >= 11 is 0. The molecule has 4 heterocycles. The molecule has 10 rings (SSSR count). The van der Waals surface area contributed by atoms with Crippen LogP contribution in [0.25, 0.3) is 88.4 Å². The Bertz CT molecular complexity index is 2690. The summed E-state index contributed by atoms with van der Waals surface area (Å²) in [6, 6.07) is 40.6. The first-order valence-corrected chi connectivity index (χ1v) is 15.3. The van der Waals surface area contributed by atoms with Gasteiger partial charge in [0.05, 0.1) is 17.1 Å². The third-order valence-corrected chi connectivity index (χ3v) is 9.77. The lowest BCUT2D eigenvalue weighted by molar-refractivity contribution is 0.633. The van der Waals surface area contributed by atoms with Crippen LogP contribution in [0.2, 0.25) is 0 Å². The molecule has 212 valence electrons. The van der Waals surface area contributed by atoms with Gasteiger partial charge in [-0.05, 0) is 75.5 Å². The molecule has 0 spiro atoms. The highest BCUT2D eigenvalue weighted by molar-refractivity contribution is 6.19. The maximum atomic E-state index is 6.42. The standard InChI is InChI=1S/C41H26N2O2/c1-41(2)32-11-7-21-42-37(32)38-33(41)18-19-34(43-38)27-15-14-24(25-8-3-4-9-26(25)27)23-13-20-36-31(22-23)30-17-16-29-28-10-5-6-12-35(28)44-39(29)40(30)45-36/h3-22H,1-2H3. The average molecular weight is 579 g/mol. The van der Waals surface area contributed by atoms with E-state index >= 15 is 0 Å². The summed E-state index contributed by atoms with van der Waals surface area (Å²) in [5.41, 5.74) is 12.0. The molecule has 4 heteroatoms. The SMILES string of the molecule is CC1(C)c2cccnc2-c2nc(-c3ccc(-c4ccc5oc6c(ccc7c8ccccc8oc76)c5c4)c4ccccc34)ccc21. The molecule has 0 N–H and O–H groups in total. The number of rotatable bonds is 2. The quantitative estimate of drug-likeness (QED) is 0.205. The van der Waals surface area contributed by atoms with Gasteiger partial charge in [-0.2, -0.15) is 0 Å². The highest BCUT2D eigenvalue weighted by Gasteiger charge is 2.37. The lowest BCUT2D eigenvalue weighted by Gasteiger charge is -2.20. The van der Waals surface area contributed by atoms with Gasteiger partial charge in [0.25, 0.3) is 0 Å². The highest BCUT2D eigenvalue weighted by atomic mass is 16.4. The number of aromatic nitrogens is 2. The number of hydrogen-bond acceptors (Lipinski definition) is 4. The Labute approximate surface area is 258 Å². The number of nitrogens with zero attached hydrogens (tertiary/aromatic N) is 2. The molecule has 4 aromatic heterocycles. The van der Waals surface area contributed by atoms with Crippen molar-refractivity contribution in [3.63, 3.8) is 0 Å². The number of furan rings is 2. The zero-order chi connectivity index (χ0) is 29.9. The van der Waals surface area contributed by atoms with Crippen LogP contribution in [0.4, 0.5) is 0 Å². The lowest BCUT2D eigenvalue weighted by atomic mass is 9.83. The van der Waals surface area contributed by atoms with Crippen molar-refractivity contribution in [1.82, 2.24) is 9.97 Å². The van der Waals surface area contributed by atoms with Crippen molar-refractivity contribution in [2.45, 2.75) is 19.3 Å². The number of pyridine rings is 2. The molecule has 0 radical (unpaired) electrons. The summed E-state index contributed by atoms with van der Waals surface area (Å²) in [5.74, 6) is 0. The fourth-order valence-corrected chi connectivity index (χ4v) is 7.50. The molecule has 0 atom stereocenters. The lowest BCUT2D eigenvalue weighted by Crippen LogP contribution is -2.15. The Morgan fingerprint density at radius 1 is 0.511 bits per heavy atom. The maximum absolute atomic E-state index is 6.42. The van der Waals surface area contributed by atoms with E-state index in [2.05, 4.69) is 105 Å². The van der Waals surface area contributed by atoms with Gasteiger partial charge >= 0.3 is 0 Å². The molecule has 0 unspecified atom stereocenters. The van der Waals surface area contributed by atoms with Crippen LogP contribution in [0.15, 0.2) is 130 Å². The monoisotopic (exact) mass is 578 g/mol. The van der Waals surface area contributed by atoms with E-state index in [0.29, 0.717) is 0 Å². The van der Waals surface area contributed by atoms with Crippen molar-refractivity contribution in [3.05, 3.63) is 133 Å². The van der Waals surface area contributed by atoms with Gasteiger partial charge in [-0.3, -0.25) is 4.98 Å². The van der Waals surface area contributed by atoms with E-state index in [1.807, 2.05) is 30.5 Å². The minimum atomic E-state index is -0.123. The zero-order valence-corrected chi connectivity index (χ0v) is 24.8. The number of fused-ring (bicyclic) bond motifs is 11. The smallest absolute Gasteiger partial charge is 0.178 e. The van der Waals surface area contributed by atoms with Crippen molar-refractivity contribution in [2.24, 2.45) is 0 Å². The average Bonchev–Trinajstić information content (AvgIpc) is 3.72. The Balaban J connectivity index is 1.14. The molecule has 0 fully saturated rings. The van der Waals surface area contributed by atoms with Crippen LogP contribution in [0, 0.1) is 0 Å². The molecule has 1 aliphatic rings. The van der Waals surface area contributed by atoms with Crippen molar-refractivity contribution in [1.29, 1.82) is 0 Å². The summed E-state index contributed by atoms with van der Waals surface area (Å²) in [5, 5.41) is 6.65. The van der Waals surface area contributed by atoms with Crippen molar-refractivity contribution >= 4 is 54.6 Å². The van der Waals surface area contributed by atoms with Crippen LogP contribution < -0.4 is 0 Å². The van der Waals surface area contributed by atoms with E-state index in [-0.39, 0.29) is 5.41 Å². The third kappa shape index (κ3) is 3.31. The minimum Gasteiger partial charge on any atom is -0.452 e. The first-order chi connectivity index (χ1) is 22.1. The number of benzene rings is 5. The molecule has 4 nitrogen and oxygen atoms in total. The van der Waals surface area contributed by atoms with Crippen molar-refractivity contribution in [2.75, 3.05) is 0 Å². The fourth-order valence-electron chi connectivity index (χ4n) is 7.50. The third-order valence-electron chi connectivity index (χ3n) is 9.77. The van der Waals surface area contributed by atoms with Gasteiger partial charge in [-0.1, -0.05) is 86.6 Å². The molecule has 9 aromatic rings. The Kier molecular flexibility index (Phi) is 4.76. The van der Waals surface area contributed by atoms with Crippen LogP contribution in [0.5, 0.6) is 0 Å². The molecule has 0 saturated carbocycles. The Morgan fingerprint density at radius 2 is 1.18 bits per heavy atom. The first kappa shape index (κ1) is 24.7. The molecule has 0 amide bonds. The van der Waals surface area contributed by atoms with Gasteiger partial charge in [0, 0.05) is 38.7 Å². The summed E-state index contributed by atoms with van der Waals surface area (Å²) in [7, 11) is 0. The van der Waals surface area contributed by atoms with Gasteiger partial charge in [0.1, 0.15) is 11.2 Å². The largest absolute Gasteiger partial charge is 0.452 e. The van der Waals surface area contributed by atoms with Gasteiger partial charge in [0.2, 0.25) is 0 Å². The summed E-state index contributed by atoms with van der Waals surface area (Å²) in [6.07, 6.45) is 1.86. The van der Waals surface area contributed by atoms with Gasteiger partial charge in [-0.25, -0.2) is 4.98 Å². The van der Waals surface area contributed by atoms with Crippen molar-refractivity contribution in [3.8, 4) is 33.8 Å². The Morgan fingerprint density at radius 3 is 2.00 bits per heavy atom. The number of para-hydroxylation sites is 1. The maximum Gasteiger partial charge on any atom is 0.178 e. The van der Waals surface area contributed by atoms with Crippen LogP contribution in [0.3, 0.4) is 0 Å². The molecule has 0 aliphatic heterocycles. The number of hydrogen-bond donors (Lipinski definition) is 0. The normalized spacial score (nSPS) is 13.7. The van der Waals surface area contributed by atoms with Crippen LogP contribution in [0.1, 0.15) is 25.0 Å². The first-order valence-electron chi connectivity index (χ1n) is 15.3. The molecular formula is C41H26N2O2. The summed E-state index contributed by atoms with van der Waals surface area (Å²) in [6.45, 7) is 4.51. The molecule has 45 heavy (non-hydrogen) atoms. The van der Waals surface area contributed by atoms with Crippen LogP contribution >= 0.6 is 0 Å². The van der Waals surface area contributed by atoms with Gasteiger partial charge in [0.15, 0.2) is 11.2 Å². The van der Waals surface area contributed by atoms with Gasteiger partial charge in [-0.15, -0.1) is 0 Å². The zero-order valence-electron chi connectivity index (χ0n) is 24.8.